The van der Waals surface area contributed by atoms with Crippen molar-refractivity contribution in [1.82, 2.24) is 4.57 Å². The van der Waals surface area contributed by atoms with E-state index in [4.69, 9.17) is 4.74 Å². The highest BCUT2D eigenvalue weighted by molar-refractivity contribution is 5.37. The first-order valence-corrected chi connectivity index (χ1v) is 7.97. The number of pyridine rings is 1. The van der Waals surface area contributed by atoms with Crippen LogP contribution in [0.1, 0.15) is 42.6 Å². The molecule has 1 heterocycles. The Kier molecular flexibility index (Phi) is 4.25. The standard InChI is InChI=1S/C20H21NO2/c1-14-12-17(7-6-16-4-5-16)13-20(22)21(14)15(2)18-8-10-19(23-3)11-9-18/h8-13,15-16H,4-5H2,1-3H3. The highest BCUT2D eigenvalue weighted by Gasteiger charge is 2.18. The summed E-state index contributed by atoms with van der Waals surface area (Å²) in [5, 5.41) is 0. The molecule has 1 fully saturated rings. The van der Waals surface area contributed by atoms with Gasteiger partial charge in [-0.2, -0.15) is 0 Å². The molecule has 1 unspecified atom stereocenters. The van der Waals surface area contributed by atoms with Crippen LogP contribution in [-0.2, 0) is 0 Å². The Morgan fingerprint density at radius 3 is 2.48 bits per heavy atom. The van der Waals surface area contributed by atoms with Gasteiger partial charge in [0.25, 0.3) is 5.56 Å². The average molecular weight is 307 g/mol. The molecule has 3 rings (SSSR count). The molecule has 1 saturated carbocycles. The molecular formula is C20H21NO2. The van der Waals surface area contributed by atoms with Crippen LogP contribution < -0.4 is 10.3 Å². The van der Waals surface area contributed by atoms with Crippen molar-refractivity contribution in [3.05, 3.63) is 63.6 Å². The molecule has 1 atom stereocenters. The van der Waals surface area contributed by atoms with Crippen LogP contribution in [0.25, 0.3) is 0 Å². The number of hydrogen-bond donors (Lipinski definition) is 0. The van der Waals surface area contributed by atoms with Crippen molar-refractivity contribution < 1.29 is 4.74 Å². The van der Waals surface area contributed by atoms with Gasteiger partial charge in [-0.05, 0) is 50.5 Å². The van der Waals surface area contributed by atoms with Gasteiger partial charge in [-0.3, -0.25) is 4.79 Å². The number of methoxy groups -OCH3 is 1. The minimum Gasteiger partial charge on any atom is -0.497 e. The predicted molar refractivity (Wildman–Crippen MR) is 91.8 cm³/mol. The summed E-state index contributed by atoms with van der Waals surface area (Å²) in [6, 6.07) is 11.4. The minimum atomic E-state index is -0.0288. The van der Waals surface area contributed by atoms with Crippen LogP contribution in [0, 0.1) is 24.7 Å². The molecule has 0 saturated heterocycles. The minimum absolute atomic E-state index is 0.00610. The van der Waals surface area contributed by atoms with Gasteiger partial charge in [0.15, 0.2) is 0 Å². The molecule has 0 N–H and O–H groups in total. The third kappa shape index (κ3) is 3.48. The van der Waals surface area contributed by atoms with E-state index in [1.807, 2.05) is 48.7 Å². The van der Waals surface area contributed by atoms with E-state index in [1.54, 1.807) is 13.2 Å². The second-order valence-corrected chi connectivity index (χ2v) is 6.09. The average Bonchev–Trinajstić information content (AvgIpc) is 3.36. The maximum absolute atomic E-state index is 12.5. The van der Waals surface area contributed by atoms with E-state index in [-0.39, 0.29) is 11.6 Å². The first kappa shape index (κ1) is 15.4. The monoisotopic (exact) mass is 307 g/mol. The Balaban J connectivity index is 1.92. The van der Waals surface area contributed by atoms with Gasteiger partial charge in [0.05, 0.1) is 13.2 Å². The molecule has 0 aliphatic heterocycles. The molecule has 23 heavy (non-hydrogen) atoms. The molecule has 1 aliphatic rings. The van der Waals surface area contributed by atoms with Gasteiger partial charge < -0.3 is 9.30 Å². The molecule has 0 bridgehead atoms. The van der Waals surface area contributed by atoms with E-state index >= 15 is 0 Å². The van der Waals surface area contributed by atoms with Gasteiger partial charge >= 0.3 is 0 Å². The second kappa shape index (κ2) is 6.34. The molecule has 0 amide bonds. The Labute approximate surface area is 136 Å². The summed E-state index contributed by atoms with van der Waals surface area (Å²) in [6.07, 6.45) is 2.38. The van der Waals surface area contributed by atoms with Crippen LogP contribution in [0.4, 0.5) is 0 Å². The van der Waals surface area contributed by atoms with Gasteiger partial charge in [0.2, 0.25) is 0 Å². The molecule has 1 aliphatic carbocycles. The Morgan fingerprint density at radius 2 is 1.91 bits per heavy atom. The molecule has 3 nitrogen and oxygen atoms in total. The Hall–Kier alpha value is -2.47. The maximum Gasteiger partial charge on any atom is 0.252 e. The molecular weight excluding hydrogens is 286 g/mol. The number of ether oxygens (including phenoxy) is 1. The maximum atomic E-state index is 12.5. The van der Waals surface area contributed by atoms with E-state index in [1.165, 1.54) is 12.8 Å². The SMILES string of the molecule is COc1ccc(C(C)n2c(C)cc(C#CC3CC3)cc2=O)cc1. The van der Waals surface area contributed by atoms with Crippen molar-refractivity contribution in [2.45, 2.75) is 32.7 Å². The fourth-order valence-corrected chi connectivity index (χ4v) is 2.73. The van der Waals surface area contributed by atoms with E-state index in [0.717, 1.165) is 22.6 Å². The lowest BCUT2D eigenvalue weighted by Gasteiger charge is -2.19. The van der Waals surface area contributed by atoms with Crippen LogP contribution in [0.2, 0.25) is 0 Å². The van der Waals surface area contributed by atoms with Crippen molar-refractivity contribution in [2.24, 2.45) is 5.92 Å². The summed E-state index contributed by atoms with van der Waals surface area (Å²) < 4.78 is 6.99. The van der Waals surface area contributed by atoms with Crippen LogP contribution in [0.5, 0.6) is 5.75 Å². The van der Waals surface area contributed by atoms with Crippen LogP contribution in [-0.4, -0.2) is 11.7 Å². The van der Waals surface area contributed by atoms with Crippen molar-refractivity contribution in [1.29, 1.82) is 0 Å². The smallest absolute Gasteiger partial charge is 0.252 e. The summed E-state index contributed by atoms with van der Waals surface area (Å²) >= 11 is 0. The van der Waals surface area contributed by atoms with E-state index in [9.17, 15) is 4.79 Å². The zero-order valence-electron chi connectivity index (χ0n) is 13.8. The molecule has 1 aromatic heterocycles. The van der Waals surface area contributed by atoms with Crippen LogP contribution in [0.3, 0.4) is 0 Å². The first-order valence-electron chi connectivity index (χ1n) is 7.97. The van der Waals surface area contributed by atoms with Gasteiger partial charge in [-0.25, -0.2) is 0 Å². The number of aryl methyl sites for hydroxylation is 1. The van der Waals surface area contributed by atoms with E-state index < -0.39 is 0 Å². The number of nitrogens with zero attached hydrogens (tertiary/aromatic N) is 1. The molecule has 1 aromatic carbocycles. The lowest BCUT2D eigenvalue weighted by atomic mass is 10.1. The van der Waals surface area contributed by atoms with Gasteiger partial charge in [-0.1, -0.05) is 24.0 Å². The number of rotatable bonds is 3. The van der Waals surface area contributed by atoms with Gasteiger partial charge in [0, 0.05) is 23.2 Å². The predicted octanol–water partition coefficient (Wildman–Crippen LogP) is 3.54. The molecule has 118 valence electrons. The highest BCUT2D eigenvalue weighted by atomic mass is 16.5. The van der Waals surface area contributed by atoms with Gasteiger partial charge in [-0.15, -0.1) is 0 Å². The summed E-state index contributed by atoms with van der Waals surface area (Å²) in [5.41, 5.74) is 2.82. The molecule has 0 spiro atoms. The van der Waals surface area contributed by atoms with Crippen molar-refractivity contribution in [3.8, 4) is 17.6 Å². The Bertz CT molecular complexity index is 817. The summed E-state index contributed by atoms with van der Waals surface area (Å²) in [4.78, 5) is 12.5. The Morgan fingerprint density at radius 1 is 1.22 bits per heavy atom. The molecule has 2 aromatic rings. The van der Waals surface area contributed by atoms with Crippen LogP contribution >= 0.6 is 0 Å². The number of hydrogen-bond acceptors (Lipinski definition) is 2. The van der Waals surface area contributed by atoms with Crippen molar-refractivity contribution in [2.75, 3.05) is 7.11 Å². The highest BCUT2D eigenvalue weighted by Crippen LogP contribution is 2.27. The van der Waals surface area contributed by atoms with Crippen LogP contribution in [0.15, 0.2) is 41.2 Å². The largest absolute Gasteiger partial charge is 0.497 e. The lowest BCUT2D eigenvalue weighted by Crippen LogP contribution is -2.25. The summed E-state index contributed by atoms with van der Waals surface area (Å²) in [6.45, 7) is 4.00. The third-order valence-corrected chi connectivity index (χ3v) is 4.24. The molecule has 0 radical (unpaired) electrons. The third-order valence-electron chi connectivity index (χ3n) is 4.24. The van der Waals surface area contributed by atoms with Crippen molar-refractivity contribution in [3.63, 3.8) is 0 Å². The second-order valence-electron chi connectivity index (χ2n) is 6.09. The van der Waals surface area contributed by atoms with Crippen molar-refractivity contribution >= 4 is 0 Å². The first-order chi connectivity index (χ1) is 11.1. The fraction of sp³-hybridized carbons (Fsp3) is 0.350. The zero-order valence-corrected chi connectivity index (χ0v) is 13.8. The number of aromatic nitrogens is 1. The van der Waals surface area contributed by atoms with E-state index in [2.05, 4.69) is 11.8 Å². The lowest BCUT2D eigenvalue weighted by molar-refractivity contribution is 0.414. The normalized spacial score (nSPS) is 14.7. The van der Waals surface area contributed by atoms with Gasteiger partial charge in [0.1, 0.15) is 5.75 Å². The summed E-state index contributed by atoms with van der Waals surface area (Å²) in [7, 11) is 1.65. The number of benzene rings is 1. The zero-order chi connectivity index (χ0) is 16.4. The fourth-order valence-electron chi connectivity index (χ4n) is 2.73. The molecule has 3 heteroatoms. The van der Waals surface area contributed by atoms with E-state index in [0.29, 0.717) is 5.92 Å². The quantitative estimate of drug-likeness (QED) is 0.812. The topological polar surface area (TPSA) is 31.2 Å². The summed E-state index contributed by atoms with van der Waals surface area (Å²) in [5.74, 6) is 7.69.